The van der Waals surface area contributed by atoms with E-state index in [1.165, 1.54) is 10.8 Å². The fraction of sp³-hybridized carbons (Fsp3) is 0.333. The van der Waals surface area contributed by atoms with Crippen LogP contribution < -0.4 is 5.73 Å². The number of aliphatic hydroxyl groups is 2. The maximum absolute atomic E-state index is 12.3. The molecule has 166 valence electrons. The summed E-state index contributed by atoms with van der Waals surface area (Å²) >= 11 is 0. The lowest BCUT2D eigenvalue weighted by Crippen LogP contribution is -2.46. The van der Waals surface area contributed by atoms with Crippen molar-refractivity contribution in [2.24, 2.45) is 0 Å². The molecule has 0 saturated carbocycles. The van der Waals surface area contributed by atoms with Crippen LogP contribution in [0.15, 0.2) is 48.8 Å². The maximum atomic E-state index is 12.3. The molecule has 0 aliphatic carbocycles. The van der Waals surface area contributed by atoms with Crippen molar-refractivity contribution in [1.82, 2.24) is 14.6 Å². The molecule has 1 aromatic carbocycles. The van der Waals surface area contributed by atoms with E-state index in [4.69, 9.17) is 19.9 Å². The van der Waals surface area contributed by atoms with Crippen molar-refractivity contribution in [1.29, 1.82) is 5.26 Å². The first-order valence-corrected chi connectivity index (χ1v) is 9.80. The number of hydrogen-bond donors (Lipinski definition) is 3. The van der Waals surface area contributed by atoms with Gasteiger partial charge in [0.1, 0.15) is 36.7 Å². The Morgan fingerprint density at radius 1 is 1.34 bits per heavy atom. The molecular weight excluding hydrogens is 418 g/mol. The third-order valence-electron chi connectivity index (χ3n) is 5.34. The van der Waals surface area contributed by atoms with Gasteiger partial charge >= 0.3 is 11.9 Å². The zero-order valence-electron chi connectivity index (χ0n) is 17.0. The fourth-order valence-electron chi connectivity index (χ4n) is 3.57. The zero-order chi connectivity index (χ0) is 22.9. The number of fused-ring (bicyclic) bond motifs is 1. The monoisotopic (exact) mass is 439 g/mol. The highest BCUT2D eigenvalue weighted by Crippen LogP contribution is 2.41. The van der Waals surface area contributed by atoms with Gasteiger partial charge in [-0.2, -0.15) is 10.4 Å². The first-order valence-electron chi connectivity index (χ1n) is 9.80. The molecule has 11 heteroatoms. The standard InChI is InChI=1S/C21H21N5O6/c1-12(13-5-3-2-4-6-13)9-30-20(29)32-21(10-22)18(28)16(27)17(31-21)14-7-8-15-19(23)24-11-25-26(14)15/h2-8,11-12,16-18,27-28H,9H2,1H3,(H2,23,24,25)/t12?,16-,17-,18-,21+/m0/s1. The summed E-state index contributed by atoms with van der Waals surface area (Å²) in [5, 5.41) is 34.8. The van der Waals surface area contributed by atoms with Gasteiger partial charge < -0.3 is 30.2 Å². The first kappa shape index (κ1) is 21.5. The van der Waals surface area contributed by atoms with Crippen LogP contribution >= 0.6 is 0 Å². The Morgan fingerprint density at radius 2 is 2.09 bits per heavy atom. The number of anilines is 1. The van der Waals surface area contributed by atoms with Crippen LogP contribution in [-0.4, -0.2) is 55.6 Å². The second-order valence-corrected chi connectivity index (χ2v) is 7.43. The number of nitrogens with zero attached hydrogens (tertiary/aromatic N) is 4. The molecule has 0 bridgehead atoms. The molecule has 4 rings (SSSR count). The minimum Gasteiger partial charge on any atom is -0.434 e. The Balaban J connectivity index is 1.49. The average Bonchev–Trinajstić information content (AvgIpc) is 3.34. The summed E-state index contributed by atoms with van der Waals surface area (Å²) in [7, 11) is 0. The highest BCUT2D eigenvalue weighted by atomic mass is 16.8. The van der Waals surface area contributed by atoms with Gasteiger partial charge in [0, 0.05) is 5.92 Å². The molecule has 0 amide bonds. The third kappa shape index (κ3) is 3.71. The molecule has 1 saturated heterocycles. The maximum Gasteiger partial charge on any atom is 0.511 e. The van der Waals surface area contributed by atoms with Crippen molar-refractivity contribution in [3.8, 4) is 6.07 Å². The van der Waals surface area contributed by atoms with Crippen molar-refractivity contribution < 1.29 is 29.2 Å². The number of nitrogens with two attached hydrogens (primary N) is 1. The SMILES string of the molecule is CC(COC(=O)O[C@@]1(C#N)O[C@@H](c2ccc3c(N)ncnn23)[C@H](O)[C@@H]1O)c1ccccc1. The van der Waals surface area contributed by atoms with Crippen molar-refractivity contribution >= 4 is 17.5 Å². The first-order chi connectivity index (χ1) is 15.4. The van der Waals surface area contributed by atoms with E-state index in [-0.39, 0.29) is 24.0 Å². The number of rotatable bonds is 5. The van der Waals surface area contributed by atoms with Crippen LogP contribution in [0, 0.1) is 11.3 Å². The summed E-state index contributed by atoms with van der Waals surface area (Å²) in [5.74, 6) is -2.41. The lowest BCUT2D eigenvalue weighted by molar-refractivity contribution is -0.199. The second-order valence-electron chi connectivity index (χ2n) is 7.43. The summed E-state index contributed by atoms with van der Waals surface area (Å²) < 4.78 is 17.1. The normalized spacial score (nSPS) is 25.9. The Morgan fingerprint density at radius 3 is 2.81 bits per heavy atom. The van der Waals surface area contributed by atoms with Gasteiger partial charge in [-0.3, -0.25) is 0 Å². The van der Waals surface area contributed by atoms with Gasteiger partial charge in [-0.05, 0) is 17.7 Å². The second kappa shape index (κ2) is 8.43. The van der Waals surface area contributed by atoms with E-state index in [1.807, 2.05) is 37.3 Å². The van der Waals surface area contributed by atoms with Crippen LogP contribution in [0.1, 0.15) is 30.2 Å². The summed E-state index contributed by atoms with van der Waals surface area (Å²) in [6.45, 7) is 1.83. The van der Waals surface area contributed by atoms with Crippen molar-refractivity contribution in [3.05, 3.63) is 60.0 Å². The minimum atomic E-state index is -2.47. The topological polar surface area (TPSA) is 165 Å². The van der Waals surface area contributed by atoms with Crippen LogP contribution in [-0.2, 0) is 14.2 Å². The van der Waals surface area contributed by atoms with E-state index in [1.54, 1.807) is 18.2 Å². The van der Waals surface area contributed by atoms with Crippen LogP contribution in [0.3, 0.4) is 0 Å². The van der Waals surface area contributed by atoms with Crippen LogP contribution in [0.2, 0.25) is 0 Å². The number of aromatic nitrogens is 3. The quantitative estimate of drug-likeness (QED) is 0.493. The van der Waals surface area contributed by atoms with Gasteiger partial charge in [0.05, 0.1) is 5.69 Å². The number of aliphatic hydroxyl groups excluding tert-OH is 2. The highest BCUT2D eigenvalue weighted by Gasteiger charge is 2.59. The number of nitrogen functional groups attached to an aromatic ring is 1. The molecule has 4 N–H and O–H groups in total. The molecule has 3 heterocycles. The van der Waals surface area contributed by atoms with Gasteiger partial charge in [0.25, 0.3) is 0 Å². The van der Waals surface area contributed by atoms with Crippen molar-refractivity contribution in [3.63, 3.8) is 0 Å². The molecule has 1 unspecified atom stereocenters. The molecule has 32 heavy (non-hydrogen) atoms. The largest absolute Gasteiger partial charge is 0.511 e. The number of benzene rings is 1. The van der Waals surface area contributed by atoms with Crippen LogP contribution in [0.25, 0.3) is 5.52 Å². The van der Waals surface area contributed by atoms with Gasteiger partial charge in [-0.15, -0.1) is 0 Å². The lowest BCUT2D eigenvalue weighted by atomic mass is 10.0. The third-order valence-corrected chi connectivity index (χ3v) is 5.34. The predicted molar refractivity (Wildman–Crippen MR) is 109 cm³/mol. The van der Waals surface area contributed by atoms with Crippen molar-refractivity contribution in [2.75, 3.05) is 12.3 Å². The Kier molecular flexibility index (Phi) is 5.67. The molecule has 11 nitrogen and oxygen atoms in total. The molecule has 1 aliphatic heterocycles. The Labute approximate surface area is 182 Å². The number of ether oxygens (including phenoxy) is 3. The van der Waals surface area contributed by atoms with Gasteiger partial charge in [-0.1, -0.05) is 37.3 Å². The van der Waals surface area contributed by atoms with Gasteiger partial charge in [0.15, 0.2) is 11.9 Å². The molecule has 2 aromatic heterocycles. The molecule has 0 radical (unpaired) electrons. The number of carbonyl (C=O) groups is 1. The molecule has 5 atom stereocenters. The van der Waals surface area contributed by atoms with Gasteiger partial charge in [-0.25, -0.2) is 14.3 Å². The Hall–Kier alpha value is -3.72. The van der Waals surface area contributed by atoms with E-state index in [0.29, 0.717) is 5.52 Å². The van der Waals surface area contributed by atoms with E-state index in [0.717, 1.165) is 5.56 Å². The molecule has 1 aliphatic rings. The average molecular weight is 439 g/mol. The smallest absolute Gasteiger partial charge is 0.434 e. The fourth-order valence-corrected chi connectivity index (χ4v) is 3.57. The summed E-state index contributed by atoms with van der Waals surface area (Å²) in [4.78, 5) is 16.2. The van der Waals surface area contributed by atoms with E-state index >= 15 is 0 Å². The minimum absolute atomic E-state index is 0.0219. The lowest BCUT2D eigenvalue weighted by Gasteiger charge is -2.24. The number of hydrogen-bond acceptors (Lipinski definition) is 10. The zero-order valence-corrected chi connectivity index (χ0v) is 17.0. The van der Waals surface area contributed by atoms with Crippen molar-refractivity contribution in [2.45, 2.75) is 36.9 Å². The summed E-state index contributed by atoms with van der Waals surface area (Å²) in [6, 6.07) is 14.2. The van der Waals surface area contributed by atoms with Crippen LogP contribution in [0.5, 0.6) is 0 Å². The Bertz CT molecular complexity index is 1160. The number of nitriles is 1. The molecule has 1 fully saturated rings. The number of carbonyl (C=O) groups excluding carboxylic acids is 1. The van der Waals surface area contributed by atoms with Crippen LogP contribution in [0.4, 0.5) is 10.6 Å². The molecule has 0 spiro atoms. The van der Waals surface area contributed by atoms with E-state index < -0.39 is 30.3 Å². The predicted octanol–water partition coefficient (Wildman–Crippen LogP) is 1.28. The summed E-state index contributed by atoms with van der Waals surface area (Å²) in [6.07, 6.45) is -4.70. The molecule has 3 aromatic rings. The van der Waals surface area contributed by atoms with Gasteiger partial charge in [0.2, 0.25) is 0 Å². The van der Waals surface area contributed by atoms with E-state index in [9.17, 15) is 20.3 Å². The summed E-state index contributed by atoms with van der Waals surface area (Å²) in [5.41, 5.74) is 7.49. The molecular formula is C21H21N5O6. The highest BCUT2D eigenvalue weighted by molar-refractivity contribution is 5.65. The van der Waals surface area contributed by atoms with E-state index in [2.05, 4.69) is 10.1 Å².